The monoisotopic (exact) mass is 577 g/mol. The topological polar surface area (TPSA) is 143 Å². The average molecular weight is 578 g/mol. The van der Waals surface area contributed by atoms with E-state index in [9.17, 15) is 17.8 Å². The molecule has 2 atom stereocenters. The number of hydrogen-bond acceptors (Lipinski definition) is 10. The highest BCUT2D eigenvalue weighted by Gasteiger charge is 2.18. The fraction of sp³-hybridized carbons (Fsp3) is 0.346. The summed E-state index contributed by atoms with van der Waals surface area (Å²) in [5.74, 6) is 0.743. The summed E-state index contributed by atoms with van der Waals surface area (Å²) < 4.78 is 58.1. The molecular formula is C26H32N3O8PS. The molecule has 1 aromatic heterocycles. The van der Waals surface area contributed by atoms with Crippen molar-refractivity contribution in [3.8, 4) is 17.2 Å². The van der Waals surface area contributed by atoms with Gasteiger partial charge in [-0.2, -0.15) is 0 Å². The minimum absolute atomic E-state index is 0.132. The van der Waals surface area contributed by atoms with Crippen LogP contribution in [0.1, 0.15) is 29.9 Å². The third-order valence-electron chi connectivity index (χ3n) is 5.17. The molecule has 0 saturated heterocycles. The van der Waals surface area contributed by atoms with E-state index in [0.29, 0.717) is 36.2 Å². The molecule has 0 aliphatic carbocycles. The molecule has 3 rings (SSSR count). The quantitative estimate of drug-likeness (QED) is 0.282. The first-order chi connectivity index (χ1) is 18.4. The van der Waals surface area contributed by atoms with Gasteiger partial charge in [-0.25, -0.2) is 13.4 Å². The van der Waals surface area contributed by atoms with Gasteiger partial charge in [0.25, 0.3) is 5.91 Å². The molecule has 1 heterocycles. The Balaban J connectivity index is 1.81. The predicted octanol–water partition coefficient (Wildman–Crippen LogP) is 4.78. The van der Waals surface area contributed by atoms with Gasteiger partial charge in [-0.3, -0.25) is 14.3 Å². The van der Waals surface area contributed by atoms with Crippen LogP contribution in [0.5, 0.6) is 17.2 Å². The van der Waals surface area contributed by atoms with E-state index in [-0.39, 0.29) is 28.5 Å². The van der Waals surface area contributed by atoms with E-state index in [4.69, 9.17) is 18.7 Å². The van der Waals surface area contributed by atoms with Crippen LogP contribution >= 0.6 is 7.37 Å². The molecule has 0 saturated carbocycles. The maximum Gasteiger partial charge on any atom is 0.257 e. The number of anilines is 1. The van der Waals surface area contributed by atoms with Crippen molar-refractivity contribution in [2.45, 2.75) is 31.0 Å². The maximum atomic E-state index is 13.1. The first-order valence-corrected chi connectivity index (χ1v) is 16.2. The van der Waals surface area contributed by atoms with Gasteiger partial charge in [-0.15, -0.1) is 0 Å². The van der Waals surface area contributed by atoms with Crippen LogP contribution in [0.25, 0.3) is 0 Å². The van der Waals surface area contributed by atoms with Crippen LogP contribution in [0.15, 0.2) is 59.8 Å². The van der Waals surface area contributed by atoms with Crippen LogP contribution in [0.4, 0.5) is 5.82 Å². The van der Waals surface area contributed by atoms with E-state index in [0.717, 1.165) is 6.26 Å². The molecule has 13 heteroatoms. The van der Waals surface area contributed by atoms with Crippen molar-refractivity contribution in [2.24, 2.45) is 0 Å². The highest BCUT2D eigenvalue weighted by molar-refractivity contribution is 7.90. The number of carbonyl (C=O) groups is 1. The molecule has 11 nitrogen and oxygen atoms in total. The van der Waals surface area contributed by atoms with Crippen LogP contribution < -0.4 is 14.8 Å². The van der Waals surface area contributed by atoms with E-state index in [1.54, 1.807) is 26.2 Å². The summed E-state index contributed by atoms with van der Waals surface area (Å²) in [6, 6.07) is 10.6. The minimum Gasteiger partial charge on any atom is -0.488 e. The van der Waals surface area contributed by atoms with Crippen LogP contribution in [0.2, 0.25) is 0 Å². The molecule has 39 heavy (non-hydrogen) atoms. The molecule has 3 aromatic rings. The standard InChI is InChI=1S/C26H32N3O8PS/c1-6-35-38(4,31)17-20-14-28-25(15-27-20)29-26(30)19-11-22(36-18(2)16-34-3)13-23(12-19)37-21-7-9-24(10-8-21)39(5,32)33/h7-15,18H,6,16-17H2,1-5H3,(H,28,29,30)/t18-,38?/m0/s1. The van der Waals surface area contributed by atoms with E-state index in [2.05, 4.69) is 15.3 Å². The highest BCUT2D eigenvalue weighted by Crippen LogP contribution is 2.45. The van der Waals surface area contributed by atoms with Gasteiger partial charge in [0.15, 0.2) is 15.7 Å². The Morgan fingerprint density at radius 2 is 1.74 bits per heavy atom. The molecule has 1 amide bonds. The van der Waals surface area contributed by atoms with Crippen molar-refractivity contribution in [3.05, 3.63) is 66.1 Å². The molecule has 1 unspecified atom stereocenters. The van der Waals surface area contributed by atoms with Gasteiger partial charge in [0.1, 0.15) is 23.4 Å². The van der Waals surface area contributed by atoms with Crippen molar-refractivity contribution < 1.29 is 36.5 Å². The summed E-state index contributed by atoms with van der Waals surface area (Å²) in [4.78, 5) is 21.7. The average Bonchev–Trinajstić information content (AvgIpc) is 2.84. The highest BCUT2D eigenvalue weighted by atomic mass is 32.2. The Bertz CT molecular complexity index is 1430. The van der Waals surface area contributed by atoms with Gasteiger partial charge in [0.05, 0.1) is 42.4 Å². The number of nitrogens with one attached hydrogen (secondary N) is 1. The van der Waals surface area contributed by atoms with Gasteiger partial charge in [-0.05, 0) is 50.2 Å². The molecule has 210 valence electrons. The van der Waals surface area contributed by atoms with Gasteiger partial charge in [-0.1, -0.05) is 0 Å². The van der Waals surface area contributed by atoms with Crippen molar-refractivity contribution in [3.63, 3.8) is 0 Å². The lowest BCUT2D eigenvalue weighted by molar-refractivity contribution is 0.0915. The van der Waals surface area contributed by atoms with Crippen molar-refractivity contribution in [1.82, 2.24) is 9.97 Å². The van der Waals surface area contributed by atoms with E-state index in [1.807, 2.05) is 6.92 Å². The third kappa shape index (κ3) is 9.43. The van der Waals surface area contributed by atoms with Crippen LogP contribution in [-0.4, -0.2) is 63.6 Å². The van der Waals surface area contributed by atoms with Crippen molar-refractivity contribution >= 4 is 28.9 Å². The third-order valence-corrected chi connectivity index (χ3v) is 8.00. The number of ether oxygens (including phenoxy) is 3. The summed E-state index contributed by atoms with van der Waals surface area (Å²) in [7, 11) is -4.63. The fourth-order valence-electron chi connectivity index (χ4n) is 3.52. The Morgan fingerprint density at radius 3 is 2.33 bits per heavy atom. The fourth-order valence-corrected chi connectivity index (χ4v) is 5.54. The molecule has 0 fully saturated rings. The predicted molar refractivity (Wildman–Crippen MR) is 147 cm³/mol. The normalized spacial score (nSPS) is 13.8. The van der Waals surface area contributed by atoms with Crippen LogP contribution in [0.3, 0.4) is 0 Å². The summed E-state index contributed by atoms with van der Waals surface area (Å²) >= 11 is 0. The maximum absolute atomic E-state index is 13.1. The lowest BCUT2D eigenvalue weighted by Crippen LogP contribution is -2.19. The first kappa shape index (κ1) is 30.2. The zero-order valence-electron chi connectivity index (χ0n) is 22.4. The molecular weight excluding hydrogens is 545 g/mol. The molecule has 0 radical (unpaired) electrons. The van der Waals surface area contributed by atoms with Gasteiger partial charge < -0.3 is 24.1 Å². The lowest BCUT2D eigenvalue weighted by Gasteiger charge is -2.16. The first-order valence-electron chi connectivity index (χ1n) is 12.0. The zero-order valence-corrected chi connectivity index (χ0v) is 24.1. The van der Waals surface area contributed by atoms with Crippen LogP contribution in [0, 0.1) is 0 Å². The van der Waals surface area contributed by atoms with Gasteiger partial charge >= 0.3 is 0 Å². The van der Waals surface area contributed by atoms with Gasteiger partial charge in [0, 0.05) is 31.7 Å². The number of aromatic nitrogens is 2. The van der Waals surface area contributed by atoms with Crippen molar-refractivity contribution in [1.29, 1.82) is 0 Å². The summed E-state index contributed by atoms with van der Waals surface area (Å²) in [5.41, 5.74) is 0.701. The number of hydrogen-bond donors (Lipinski definition) is 1. The minimum atomic E-state index is -3.35. The number of benzene rings is 2. The largest absolute Gasteiger partial charge is 0.488 e. The molecule has 0 aliphatic heterocycles. The molecule has 0 spiro atoms. The number of methoxy groups -OCH3 is 1. The van der Waals surface area contributed by atoms with Gasteiger partial charge in [0.2, 0.25) is 7.37 Å². The van der Waals surface area contributed by atoms with E-state index in [1.165, 1.54) is 49.4 Å². The second-order valence-electron chi connectivity index (χ2n) is 8.86. The van der Waals surface area contributed by atoms with E-state index < -0.39 is 23.1 Å². The van der Waals surface area contributed by atoms with E-state index >= 15 is 0 Å². The molecule has 0 aliphatic rings. The Morgan fingerprint density at radius 1 is 1.05 bits per heavy atom. The summed E-state index contributed by atoms with van der Waals surface area (Å²) in [6.07, 6.45) is 3.76. The second kappa shape index (κ2) is 13.2. The number of sulfone groups is 1. The molecule has 2 aromatic carbocycles. The Hall–Kier alpha value is -3.31. The second-order valence-corrected chi connectivity index (χ2v) is 13.5. The molecule has 0 bridgehead atoms. The SMILES string of the molecule is CCOP(C)(=O)Cc1cnc(NC(=O)c2cc(Oc3ccc(S(C)(=O)=O)cc3)cc(O[C@@H](C)COC)c2)cn1. The Kier molecular flexibility index (Phi) is 10.2. The summed E-state index contributed by atoms with van der Waals surface area (Å²) in [5, 5.41) is 2.68. The number of nitrogens with zero attached hydrogens (tertiary/aromatic N) is 2. The zero-order chi connectivity index (χ0) is 28.6. The number of carbonyl (C=O) groups excluding carboxylic acids is 1. The smallest absolute Gasteiger partial charge is 0.257 e. The number of amides is 1. The number of rotatable bonds is 13. The summed E-state index contributed by atoms with van der Waals surface area (Å²) in [6.45, 7) is 5.79. The van der Waals surface area contributed by atoms with Crippen LogP contribution in [-0.2, 0) is 29.8 Å². The Labute approximate surface area is 228 Å². The lowest BCUT2D eigenvalue weighted by atomic mass is 10.2. The molecule has 1 N–H and O–H groups in total. The van der Waals surface area contributed by atoms with Crippen molar-refractivity contribution in [2.75, 3.05) is 38.6 Å².